The first kappa shape index (κ1) is 41.8. The van der Waals surface area contributed by atoms with Crippen LogP contribution < -0.4 is 17.6 Å². The van der Waals surface area contributed by atoms with Gasteiger partial charge in [0, 0.05) is 0 Å². The Morgan fingerprint density at radius 1 is 0.278 bits per heavy atom. The molecule has 0 saturated carbocycles. The Morgan fingerprint density at radius 2 is 0.625 bits per heavy atom. The zero-order valence-electron chi connectivity index (χ0n) is 39.2. The average Bonchev–Trinajstić information content (AvgIpc) is 4.10. The minimum absolute atomic E-state index is 0.649. The summed E-state index contributed by atoms with van der Waals surface area (Å²) in [6.07, 6.45) is 0. The minimum atomic E-state index is -4.16. The summed E-state index contributed by atoms with van der Waals surface area (Å²) in [4.78, 5) is 0. The van der Waals surface area contributed by atoms with E-state index < -0.39 is 13.3 Å². The van der Waals surface area contributed by atoms with Crippen LogP contribution in [0.2, 0.25) is 0 Å². The number of benzene rings is 11. The number of hydrogen-bond donors (Lipinski definition) is 0. The van der Waals surface area contributed by atoms with Gasteiger partial charge in [0.05, 0.1) is 0 Å². The molecule has 336 valence electrons. The van der Waals surface area contributed by atoms with Crippen molar-refractivity contribution in [1.82, 2.24) is 13.7 Å². The summed E-state index contributed by atoms with van der Waals surface area (Å²) in [6.45, 7) is 0. The van der Waals surface area contributed by atoms with Crippen molar-refractivity contribution in [3.63, 3.8) is 0 Å². The second-order valence-electron chi connectivity index (χ2n) is 18.7. The predicted octanol–water partition coefficient (Wildman–Crippen LogP) is 13.9. The van der Waals surface area contributed by atoms with E-state index >= 15 is 0 Å². The van der Waals surface area contributed by atoms with Gasteiger partial charge < -0.3 is 0 Å². The standard InChI is InChI=1S/C67H44GeN4/c69-45-46-20-19-21-48(42-46)47-38-40-51(41-39-47)68(49-22-3-1-4-23-49,50-24-5-2-6-25-50)52-43-65(70-59-32-13-7-26-53(59)54-27-8-14-33-60(54)70)67(72-63-36-17-11-30-57(63)58-31-12-18-37-64(58)72)66(44-52)71-61-34-15-9-28-55(61)56-29-10-16-35-62(56)71/h1-44H. The molecular formula is C67H44GeN4. The van der Waals surface area contributed by atoms with E-state index in [4.69, 9.17) is 0 Å². The summed E-state index contributed by atoms with van der Waals surface area (Å²) < 4.78 is 12.9. The maximum atomic E-state index is 9.89. The van der Waals surface area contributed by atoms with Crippen molar-refractivity contribution in [2.45, 2.75) is 0 Å². The fourth-order valence-electron chi connectivity index (χ4n) is 12.0. The number of rotatable bonds is 8. The van der Waals surface area contributed by atoms with Crippen molar-refractivity contribution < 1.29 is 0 Å². The van der Waals surface area contributed by atoms with Crippen molar-refractivity contribution >= 4 is 96.3 Å². The molecule has 0 aliphatic heterocycles. The quantitative estimate of drug-likeness (QED) is 0.140. The molecule has 0 unspecified atom stereocenters. The van der Waals surface area contributed by atoms with Crippen LogP contribution in [0.4, 0.5) is 0 Å². The van der Waals surface area contributed by atoms with Crippen molar-refractivity contribution in [2.75, 3.05) is 0 Å². The fourth-order valence-corrected chi connectivity index (χ4v) is 22.0. The first-order valence-electron chi connectivity index (χ1n) is 24.6. The SMILES string of the molecule is N#Cc1cccc(-c2cc[c]([Ge]([c]3ccccc3)([c]3ccccc3)[c]3cc(-n4c5ccccc5c5ccccc54)c(-n4c5ccccc5c5ccccc54)c(-n4c5ccccc5c5ccccc54)c3)cc2)c1. The number of nitriles is 1. The molecule has 0 atom stereocenters. The molecule has 11 aromatic carbocycles. The Balaban J connectivity index is 1.23. The molecular weight excluding hydrogens is 933 g/mol. The van der Waals surface area contributed by atoms with Crippen LogP contribution in [0, 0.1) is 11.3 Å². The Kier molecular flexibility index (Phi) is 9.74. The Morgan fingerprint density at radius 3 is 1.01 bits per heavy atom. The van der Waals surface area contributed by atoms with Crippen LogP contribution in [0.3, 0.4) is 0 Å². The van der Waals surface area contributed by atoms with E-state index in [-0.39, 0.29) is 0 Å². The monoisotopic (exact) mass is 978 g/mol. The van der Waals surface area contributed by atoms with E-state index in [0.717, 1.165) is 61.3 Å². The average molecular weight is 978 g/mol. The first-order chi connectivity index (χ1) is 35.7. The number of aromatic nitrogens is 3. The van der Waals surface area contributed by atoms with Gasteiger partial charge in [0.25, 0.3) is 0 Å². The third-order valence-electron chi connectivity index (χ3n) is 15.0. The third kappa shape index (κ3) is 6.24. The van der Waals surface area contributed by atoms with Crippen LogP contribution >= 0.6 is 0 Å². The normalized spacial score (nSPS) is 11.9. The summed E-state index contributed by atoms with van der Waals surface area (Å²) in [5.41, 5.74) is 12.9. The topological polar surface area (TPSA) is 38.6 Å². The molecule has 0 fully saturated rings. The molecule has 72 heavy (non-hydrogen) atoms. The molecule has 3 aromatic heterocycles. The number of para-hydroxylation sites is 6. The van der Waals surface area contributed by atoms with E-state index in [0.29, 0.717) is 5.56 Å². The van der Waals surface area contributed by atoms with E-state index in [9.17, 15) is 5.26 Å². The van der Waals surface area contributed by atoms with Crippen molar-refractivity contribution in [2.24, 2.45) is 0 Å². The van der Waals surface area contributed by atoms with Gasteiger partial charge in [0.15, 0.2) is 0 Å². The van der Waals surface area contributed by atoms with Crippen molar-refractivity contribution in [3.05, 3.63) is 272 Å². The summed E-state index contributed by atoms with van der Waals surface area (Å²) in [5.74, 6) is 0. The Hall–Kier alpha value is -9.15. The molecule has 0 radical (unpaired) electrons. The molecule has 0 aliphatic carbocycles. The fraction of sp³-hybridized carbons (Fsp3) is 0. The van der Waals surface area contributed by atoms with Gasteiger partial charge in [-0.1, -0.05) is 0 Å². The van der Waals surface area contributed by atoms with Gasteiger partial charge in [0.2, 0.25) is 0 Å². The van der Waals surface area contributed by atoms with Crippen LogP contribution in [0.25, 0.3) is 93.6 Å². The van der Waals surface area contributed by atoms with E-state index in [2.05, 4.69) is 268 Å². The van der Waals surface area contributed by atoms with Gasteiger partial charge in [-0.3, -0.25) is 0 Å². The number of nitrogens with zero attached hydrogens (tertiary/aromatic N) is 4. The van der Waals surface area contributed by atoms with Crippen molar-refractivity contribution in [3.8, 4) is 34.3 Å². The molecule has 0 spiro atoms. The summed E-state index contributed by atoms with van der Waals surface area (Å²) >= 11 is -4.16. The number of hydrogen-bond acceptors (Lipinski definition) is 1. The molecule has 14 aromatic rings. The first-order valence-corrected chi connectivity index (χ1v) is 28.8. The summed E-state index contributed by atoms with van der Waals surface area (Å²) in [7, 11) is 0. The summed E-state index contributed by atoms with van der Waals surface area (Å²) in [5, 5.41) is 17.1. The Bertz CT molecular complexity index is 4120. The van der Waals surface area contributed by atoms with E-state index in [1.54, 1.807) is 0 Å². The van der Waals surface area contributed by atoms with Crippen LogP contribution in [0.1, 0.15) is 5.56 Å². The maximum absolute atomic E-state index is 9.89. The van der Waals surface area contributed by atoms with Gasteiger partial charge >= 0.3 is 422 Å². The van der Waals surface area contributed by atoms with Crippen molar-refractivity contribution in [1.29, 1.82) is 5.26 Å². The predicted molar refractivity (Wildman–Crippen MR) is 303 cm³/mol. The zero-order valence-corrected chi connectivity index (χ0v) is 41.3. The molecule has 0 aliphatic rings. The molecule has 0 saturated heterocycles. The molecule has 4 nitrogen and oxygen atoms in total. The van der Waals surface area contributed by atoms with Crippen LogP contribution in [0.15, 0.2) is 267 Å². The molecule has 14 rings (SSSR count). The second-order valence-corrected chi connectivity index (χ2v) is 26.7. The molecule has 0 N–H and O–H groups in total. The molecule has 3 heterocycles. The van der Waals surface area contributed by atoms with E-state index in [1.165, 1.54) is 49.9 Å². The van der Waals surface area contributed by atoms with Gasteiger partial charge in [0.1, 0.15) is 0 Å². The Labute approximate surface area is 419 Å². The van der Waals surface area contributed by atoms with Gasteiger partial charge in [-0.15, -0.1) is 0 Å². The van der Waals surface area contributed by atoms with E-state index in [1.807, 2.05) is 18.2 Å². The number of fused-ring (bicyclic) bond motifs is 9. The molecule has 5 heteroatoms. The van der Waals surface area contributed by atoms with Crippen LogP contribution in [-0.4, -0.2) is 27.0 Å². The van der Waals surface area contributed by atoms with Crippen LogP contribution in [0.5, 0.6) is 0 Å². The summed E-state index contributed by atoms with van der Waals surface area (Å²) in [6, 6.07) is 101. The zero-order chi connectivity index (χ0) is 47.8. The van der Waals surface area contributed by atoms with Gasteiger partial charge in [-0.05, 0) is 0 Å². The molecule has 0 amide bonds. The van der Waals surface area contributed by atoms with Gasteiger partial charge in [-0.2, -0.15) is 0 Å². The third-order valence-corrected chi connectivity index (χ3v) is 25.0. The molecule has 0 bridgehead atoms. The second kappa shape index (κ2) is 16.8. The van der Waals surface area contributed by atoms with Gasteiger partial charge in [-0.25, -0.2) is 0 Å². The van der Waals surface area contributed by atoms with Crippen LogP contribution in [-0.2, 0) is 0 Å².